The molecule has 158 valence electrons. The van der Waals surface area contributed by atoms with Gasteiger partial charge in [0.1, 0.15) is 5.69 Å². The highest BCUT2D eigenvalue weighted by Gasteiger charge is 2.26. The van der Waals surface area contributed by atoms with Crippen LogP contribution in [0.15, 0.2) is 18.2 Å². The molecule has 2 fully saturated rings. The van der Waals surface area contributed by atoms with Gasteiger partial charge in [0.25, 0.3) is 11.6 Å². The molecule has 9 nitrogen and oxygen atoms in total. The van der Waals surface area contributed by atoms with E-state index < -0.39 is 17.5 Å². The molecule has 1 aromatic rings. The third-order valence-corrected chi connectivity index (χ3v) is 5.33. The minimum Gasteiger partial charge on any atom is -0.452 e. The molecule has 0 radical (unpaired) electrons. The molecule has 3 rings (SSSR count). The molecule has 2 aliphatic heterocycles. The number of hydrogen-bond donors (Lipinski definition) is 0. The summed E-state index contributed by atoms with van der Waals surface area (Å²) in [6.07, 6.45) is 2.02. The van der Waals surface area contributed by atoms with Crippen LogP contribution in [0.25, 0.3) is 0 Å². The Hall–Kier alpha value is -2.68. The molecule has 0 N–H and O–H groups in total. The molecule has 2 atom stereocenters. The van der Waals surface area contributed by atoms with E-state index in [1.165, 1.54) is 12.1 Å². The second-order valence-electron chi connectivity index (χ2n) is 7.75. The number of piperidine rings is 1. The van der Waals surface area contributed by atoms with E-state index in [1.54, 1.807) is 11.0 Å². The number of anilines is 1. The highest BCUT2D eigenvalue weighted by Crippen LogP contribution is 2.32. The maximum absolute atomic E-state index is 12.4. The lowest BCUT2D eigenvalue weighted by molar-refractivity contribution is -0.384. The average Bonchev–Trinajstić information content (AvgIpc) is 2.71. The zero-order valence-corrected chi connectivity index (χ0v) is 16.8. The number of rotatable bonds is 5. The van der Waals surface area contributed by atoms with Crippen LogP contribution in [0.4, 0.5) is 11.4 Å². The topological polar surface area (TPSA) is 102 Å². The molecule has 2 heterocycles. The van der Waals surface area contributed by atoms with E-state index in [0.29, 0.717) is 31.3 Å². The lowest BCUT2D eigenvalue weighted by Gasteiger charge is -2.32. The summed E-state index contributed by atoms with van der Waals surface area (Å²) >= 11 is 0. The number of hydrogen-bond acceptors (Lipinski definition) is 7. The van der Waals surface area contributed by atoms with Gasteiger partial charge >= 0.3 is 5.97 Å². The number of benzene rings is 1. The van der Waals surface area contributed by atoms with Gasteiger partial charge in [-0.1, -0.05) is 6.92 Å². The van der Waals surface area contributed by atoms with Gasteiger partial charge < -0.3 is 19.3 Å². The van der Waals surface area contributed by atoms with Crippen LogP contribution >= 0.6 is 0 Å². The molecular weight excluding hydrogens is 378 g/mol. The van der Waals surface area contributed by atoms with E-state index in [0.717, 1.165) is 25.9 Å². The second-order valence-corrected chi connectivity index (χ2v) is 7.75. The highest BCUT2D eigenvalue weighted by molar-refractivity contribution is 5.93. The summed E-state index contributed by atoms with van der Waals surface area (Å²) in [7, 11) is 0. The largest absolute Gasteiger partial charge is 0.452 e. The SMILES string of the molecule is CC1CCCN(c2ccc(C(=O)OCC(=O)N3CCOC(C)C3)cc2[N+](=O)[O-])C1. The Morgan fingerprint density at radius 3 is 2.76 bits per heavy atom. The zero-order valence-electron chi connectivity index (χ0n) is 16.8. The molecule has 0 aliphatic carbocycles. The normalized spacial score (nSPS) is 22.3. The molecule has 0 bridgehead atoms. The molecule has 1 amide bonds. The molecule has 0 saturated carbocycles. The van der Waals surface area contributed by atoms with Crippen molar-refractivity contribution in [3.63, 3.8) is 0 Å². The van der Waals surface area contributed by atoms with Crippen molar-refractivity contribution in [1.29, 1.82) is 0 Å². The van der Waals surface area contributed by atoms with Crippen LogP contribution in [0.2, 0.25) is 0 Å². The number of carbonyl (C=O) groups is 2. The predicted octanol–water partition coefficient (Wildman–Crippen LogP) is 2.24. The molecule has 9 heteroatoms. The summed E-state index contributed by atoms with van der Waals surface area (Å²) < 4.78 is 10.5. The zero-order chi connectivity index (χ0) is 21.0. The first-order chi connectivity index (χ1) is 13.8. The highest BCUT2D eigenvalue weighted by atomic mass is 16.6. The van der Waals surface area contributed by atoms with Crippen molar-refractivity contribution in [1.82, 2.24) is 4.90 Å². The minimum absolute atomic E-state index is 0.0592. The molecule has 29 heavy (non-hydrogen) atoms. The van der Waals surface area contributed by atoms with Gasteiger partial charge in [0.15, 0.2) is 6.61 Å². The van der Waals surface area contributed by atoms with Crippen molar-refractivity contribution in [3.8, 4) is 0 Å². The number of carbonyl (C=O) groups excluding carboxylic acids is 2. The van der Waals surface area contributed by atoms with Gasteiger partial charge in [-0.15, -0.1) is 0 Å². The maximum Gasteiger partial charge on any atom is 0.338 e. The van der Waals surface area contributed by atoms with Crippen molar-refractivity contribution < 1.29 is 24.0 Å². The summed E-state index contributed by atoms with van der Waals surface area (Å²) in [6.45, 7) is 6.44. The number of amides is 1. The number of esters is 1. The van der Waals surface area contributed by atoms with Gasteiger partial charge in [0.05, 0.1) is 23.2 Å². The van der Waals surface area contributed by atoms with Crippen LogP contribution in [-0.4, -0.2) is 67.2 Å². The molecule has 2 saturated heterocycles. The van der Waals surface area contributed by atoms with Crippen molar-refractivity contribution >= 4 is 23.3 Å². The summed E-state index contributed by atoms with van der Waals surface area (Å²) in [4.78, 5) is 39.3. The van der Waals surface area contributed by atoms with Crippen molar-refractivity contribution in [2.45, 2.75) is 32.8 Å². The number of nitrogens with zero attached hydrogens (tertiary/aromatic N) is 3. The Balaban J connectivity index is 1.66. The van der Waals surface area contributed by atoms with E-state index in [1.807, 2.05) is 11.8 Å². The van der Waals surface area contributed by atoms with E-state index in [2.05, 4.69) is 6.92 Å². The van der Waals surface area contributed by atoms with Crippen molar-refractivity contribution in [3.05, 3.63) is 33.9 Å². The molecule has 1 aromatic carbocycles. The third-order valence-electron chi connectivity index (χ3n) is 5.33. The van der Waals surface area contributed by atoms with Crippen LogP contribution in [-0.2, 0) is 14.3 Å². The quantitative estimate of drug-likeness (QED) is 0.420. The van der Waals surface area contributed by atoms with Crippen LogP contribution in [0, 0.1) is 16.0 Å². The van der Waals surface area contributed by atoms with Gasteiger partial charge in [-0.05, 0) is 37.8 Å². The van der Waals surface area contributed by atoms with Gasteiger partial charge in [-0.2, -0.15) is 0 Å². The fourth-order valence-electron chi connectivity index (χ4n) is 3.82. The van der Waals surface area contributed by atoms with Crippen LogP contribution < -0.4 is 4.90 Å². The first kappa shape index (κ1) is 21.0. The summed E-state index contributed by atoms with van der Waals surface area (Å²) in [5.74, 6) is -0.592. The van der Waals surface area contributed by atoms with Gasteiger partial charge in [0.2, 0.25) is 0 Å². The number of nitro benzene ring substituents is 1. The number of ether oxygens (including phenoxy) is 2. The number of morpholine rings is 1. The average molecular weight is 405 g/mol. The van der Waals surface area contributed by atoms with Crippen LogP contribution in [0.3, 0.4) is 0 Å². The van der Waals surface area contributed by atoms with E-state index in [9.17, 15) is 19.7 Å². The summed E-state index contributed by atoms with van der Waals surface area (Å²) in [6, 6.07) is 4.35. The molecular formula is C20H27N3O6. The lowest BCUT2D eigenvalue weighted by Crippen LogP contribution is -2.46. The monoisotopic (exact) mass is 405 g/mol. The molecule has 2 unspecified atom stereocenters. The Morgan fingerprint density at radius 1 is 1.28 bits per heavy atom. The third kappa shape index (κ3) is 5.23. The predicted molar refractivity (Wildman–Crippen MR) is 106 cm³/mol. The standard InChI is InChI=1S/C20H27N3O6/c1-14-4-3-7-21(11-14)17-6-5-16(10-18(17)23(26)27)20(25)29-13-19(24)22-8-9-28-15(2)12-22/h5-6,10,14-15H,3-4,7-9,11-13H2,1-2H3. The number of nitro groups is 1. The minimum atomic E-state index is -0.749. The molecule has 0 aromatic heterocycles. The van der Waals surface area contributed by atoms with Gasteiger partial charge in [-0.25, -0.2) is 4.79 Å². The van der Waals surface area contributed by atoms with E-state index in [-0.39, 0.29) is 23.3 Å². The second kappa shape index (κ2) is 9.21. The van der Waals surface area contributed by atoms with E-state index in [4.69, 9.17) is 9.47 Å². The Kier molecular flexibility index (Phi) is 6.68. The first-order valence-electron chi connectivity index (χ1n) is 9.95. The maximum atomic E-state index is 12.4. The van der Waals surface area contributed by atoms with E-state index >= 15 is 0 Å². The molecule has 0 spiro atoms. The Labute approximate surface area is 169 Å². The lowest BCUT2D eigenvalue weighted by atomic mass is 9.99. The Morgan fingerprint density at radius 2 is 2.07 bits per heavy atom. The van der Waals surface area contributed by atoms with Gasteiger partial charge in [-0.3, -0.25) is 14.9 Å². The van der Waals surface area contributed by atoms with Gasteiger partial charge in [0, 0.05) is 32.2 Å². The fourth-order valence-corrected chi connectivity index (χ4v) is 3.82. The van der Waals surface area contributed by atoms with Crippen LogP contribution in [0.1, 0.15) is 37.0 Å². The van der Waals surface area contributed by atoms with Crippen molar-refractivity contribution in [2.75, 3.05) is 44.3 Å². The first-order valence-corrected chi connectivity index (χ1v) is 9.95. The van der Waals surface area contributed by atoms with Crippen LogP contribution in [0.5, 0.6) is 0 Å². The smallest absolute Gasteiger partial charge is 0.338 e. The summed E-state index contributed by atoms with van der Waals surface area (Å²) in [5, 5.41) is 11.6. The molecule has 2 aliphatic rings. The fraction of sp³-hybridized carbons (Fsp3) is 0.600. The summed E-state index contributed by atoms with van der Waals surface area (Å²) in [5.41, 5.74) is 0.451. The van der Waals surface area contributed by atoms with Crippen molar-refractivity contribution in [2.24, 2.45) is 5.92 Å². The Bertz CT molecular complexity index is 783.